The zero-order chi connectivity index (χ0) is 17.0. The maximum absolute atomic E-state index is 12.8. The smallest absolute Gasteiger partial charge is 0.435 e. The van der Waals surface area contributed by atoms with Crippen molar-refractivity contribution >= 4 is 28.1 Å². The van der Waals surface area contributed by atoms with Crippen LogP contribution in [-0.2, 0) is 12.6 Å². The van der Waals surface area contributed by atoms with Gasteiger partial charge in [0.05, 0.1) is 0 Å². The molecule has 23 heavy (non-hydrogen) atoms. The van der Waals surface area contributed by atoms with Gasteiger partial charge in [0.1, 0.15) is 4.88 Å². The Bertz CT molecular complexity index is 681. The number of nitrogens with zero attached hydrogens (tertiary/aromatic N) is 1. The van der Waals surface area contributed by atoms with Crippen LogP contribution in [0.15, 0.2) is 24.3 Å². The molecule has 2 N–H and O–H groups in total. The maximum Gasteiger partial charge on any atom is 0.435 e. The zero-order valence-corrected chi connectivity index (χ0v) is 13.1. The fraction of sp³-hybridized carbons (Fsp3) is 0.333. The Hall–Kier alpha value is -2.09. The number of halogens is 3. The number of thiazole rings is 1. The number of nitrogens with one attached hydrogen (secondary N) is 1. The molecule has 2 rings (SSSR count). The Morgan fingerprint density at radius 3 is 2.43 bits per heavy atom. The van der Waals surface area contributed by atoms with Crippen LogP contribution >= 0.6 is 11.3 Å². The van der Waals surface area contributed by atoms with Gasteiger partial charge in [-0.2, -0.15) is 13.2 Å². The molecule has 8 heteroatoms. The second kappa shape index (κ2) is 6.99. The minimum atomic E-state index is -4.80. The number of aromatic carboxylic acids is 1. The van der Waals surface area contributed by atoms with Crippen LogP contribution in [0, 0.1) is 0 Å². The third-order valence-corrected chi connectivity index (χ3v) is 4.07. The van der Waals surface area contributed by atoms with Crippen molar-refractivity contribution in [1.82, 2.24) is 4.98 Å². The lowest BCUT2D eigenvalue weighted by molar-refractivity contribution is -0.141. The number of carbonyl (C=O) groups is 1. The molecule has 2 aromatic rings. The van der Waals surface area contributed by atoms with E-state index in [2.05, 4.69) is 17.2 Å². The molecular formula is C15H15F3N2O2S. The zero-order valence-electron chi connectivity index (χ0n) is 12.3. The highest BCUT2D eigenvalue weighted by Gasteiger charge is 2.39. The molecule has 0 amide bonds. The first-order chi connectivity index (χ1) is 10.8. The first-order valence-corrected chi connectivity index (χ1v) is 7.80. The van der Waals surface area contributed by atoms with E-state index in [1.807, 2.05) is 12.1 Å². The lowest BCUT2D eigenvalue weighted by atomic mass is 10.1. The van der Waals surface area contributed by atoms with Gasteiger partial charge in [-0.25, -0.2) is 9.78 Å². The van der Waals surface area contributed by atoms with Crippen LogP contribution in [0.2, 0.25) is 0 Å². The van der Waals surface area contributed by atoms with E-state index in [1.54, 1.807) is 12.1 Å². The van der Waals surface area contributed by atoms with E-state index in [4.69, 9.17) is 5.11 Å². The minimum Gasteiger partial charge on any atom is -0.477 e. The summed E-state index contributed by atoms with van der Waals surface area (Å²) in [4.78, 5) is 13.5. The lowest BCUT2D eigenvalue weighted by Gasteiger charge is -2.05. The predicted octanol–water partition coefficient (Wildman–Crippen LogP) is 4.95. The highest BCUT2D eigenvalue weighted by atomic mass is 32.1. The molecule has 0 aliphatic heterocycles. The summed E-state index contributed by atoms with van der Waals surface area (Å²) < 4.78 is 38.4. The van der Waals surface area contributed by atoms with Crippen molar-refractivity contribution in [2.45, 2.75) is 32.4 Å². The number of hydrogen-bond donors (Lipinski definition) is 2. The third-order valence-electron chi connectivity index (χ3n) is 3.11. The van der Waals surface area contributed by atoms with Crippen LogP contribution in [0.3, 0.4) is 0 Å². The topological polar surface area (TPSA) is 62.2 Å². The Labute approximate surface area is 135 Å². The van der Waals surface area contributed by atoms with Crippen molar-refractivity contribution in [2.24, 2.45) is 0 Å². The molecule has 0 saturated carbocycles. The Morgan fingerprint density at radius 2 is 1.96 bits per heavy atom. The number of carboxylic acids is 1. The highest BCUT2D eigenvalue weighted by Crippen LogP contribution is 2.37. The first kappa shape index (κ1) is 17.3. The molecular weight excluding hydrogens is 329 g/mol. The van der Waals surface area contributed by atoms with Crippen molar-refractivity contribution in [3.63, 3.8) is 0 Å². The average Bonchev–Trinajstić information content (AvgIpc) is 2.91. The van der Waals surface area contributed by atoms with Crippen LogP contribution in [0.25, 0.3) is 0 Å². The number of hydrogen-bond acceptors (Lipinski definition) is 4. The molecule has 1 heterocycles. The van der Waals surface area contributed by atoms with Crippen LogP contribution < -0.4 is 5.32 Å². The fourth-order valence-corrected chi connectivity index (χ4v) is 2.81. The number of anilines is 2. The largest absolute Gasteiger partial charge is 0.477 e. The van der Waals surface area contributed by atoms with E-state index < -0.39 is 22.7 Å². The van der Waals surface area contributed by atoms with E-state index in [0.29, 0.717) is 17.0 Å². The van der Waals surface area contributed by atoms with Crippen LogP contribution in [0.4, 0.5) is 24.0 Å². The monoisotopic (exact) mass is 344 g/mol. The molecule has 0 atom stereocenters. The van der Waals surface area contributed by atoms with Crippen LogP contribution in [0.1, 0.15) is 40.7 Å². The van der Waals surface area contributed by atoms with Crippen molar-refractivity contribution in [3.05, 3.63) is 40.4 Å². The summed E-state index contributed by atoms with van der Waals surface area (Å²) in [6, 6.07) is 7.24. The molecule has 0 radical (unpaired) electrons. The first-order valence-electron chi connectivity index (χ1n) is 6.98. The van der Waals surface area contributed by atoms with E-state index in [1.165, 1.54) is 0 Å². The molecule has 0 aliphatic carbocycles. The molecule has 124 valence electrons. The van der Waals surface area contributed by atoms with Gasteiger partial charge in [0.2, 0.25) is 0 Å². The average molecular weight is 344 g/mol. The van der Waals surface area contributed by atoms with Crippen molar-refractivity contribution < 1.29 is 23.1 Å². The molecule has 1 aromatic carbocycles. The summed E-state index contributed by atoms with van der Waals surface area (Å²) in [7, 11) is 0. The fourth-order valence-electron chi connectivity index (χ4n) is 1.97. The number of benzene rings is 1. The van der Waals surface area contributed by atoms with Gasteiger partial charge in [0.15, 0.2) is 10.8 Å². The second-order valence-corrected chi connectivity index (χ2v) is 5.92. The summed E-state index contributed by atoms with van der Waals surface area (Å²) in [5, 5.41) is 11.5. The van der Waals surface area contributed by atoms with E-state index >= 15 is 0 Å². The van der Waals surface area contributed by atoms with Gasteiger partial charge in [-0.3, -0.25) is 0 Å². The number of alkyl halides is 3. The van der Waals surface area contributed by atoms with E-state index in [-0.39, 0.29) is 5.13 Å². The quantitative estimate of drug-likeness (QED) is 0.778. The lowest BCUT2D eigenvalue weighted by Crippen LogP contribution is -2.11. The number of aromatic nitrogens is 1. The van der Waals surface area contributed by atoms with E-state index in [0.717, 1.165) is 24.8 Å². The number of rotatable bonds is 6. The molecule has 1 aromatic heterocycles. The highest BCUT2D eigenvalue weighted by molar-refractivity contribution is 7.17. The van der Waals surface area contributed by atoms with Gasteiger partial charge in [0.25, 0.3) is 0 Å². The summed E-state index contributed by atoms with van der Waals surface area (Å²) in [5.74, 6) is -1.64. The third kappa shape index (κ3) is 4.44. The van der Waals surface area contributed by atoms with Gasteiger partial charge in [0, 0.05) is 5.69 Å². The summed E-state index contributed by atoms with van der Waals surface area (Å²) in [6.07, 6.45) is -1.71. The van der Waals surface area contributed by atoms with Crippen LogP contribution in [0.5, 0.6) is 0 Å². The van der Waals surface area contributed by atoms with Crippen molar-refractivity contribution in [2.75, 3.05) is 5.32 Å². The number of aryl methyl sites for hydroxylation is 1. The predicted molar refractivity (Wildman–Crippen MR) is 82.4 cm³/mol. The molecule has 0 spiro atoms. The summed E-state index contributed by atoms with van der Waals surface area (Å²) in [5.41, 5.74) is 0.320. The molecule has 0 bridgehead atoms. The molecule has 0 aliphatic rings. The van der Waals surface area contributed by atoms with Gasteiger partial charge >= 0.3 is 12.1 Å². The second-order valence-electron chi connectivity index (χ2n) is 4.93. The Kier molecular flexibility index (Phi) is 5.25. The van der Waals surface area contributed by atoms with Gasteiger partial charge in [-0.15, -0.1) is 0 Å². The molecule has 4 nitrogen and oxygen atoms in total. The van der Waals surface area contributed by atoms with Gasteiger partial charge in [-0.05, 0) is 30.5 Å². The number of carboxylic acid groups (broad SMARTS) is 1. The SMILES string of the molecule is CCCCc1ccc(Nc2nc(C(F)(F)F)c(C(=O)O)s2)cc1. The standard InChI is InChI=1S/C15H15F3N2O2S/c1-2-3-4-9-5-7-10(8-6-9)19-14-20-12(15(16,17)18)11(23-14)13(21)22/h5-8H,2-4H2,1H3,(H,19,20)(H,21,22). The normalized spacial score (nSPS) is 11.5. The van der Waals surface area contributed by atoms with Gasteiger partial charge in [-0.1, -0.05) is 36.8 Å². The van der Waals surface area contributed by atoms with Crippen molar-refractivity contribution in [1.29, 1.82) is 0 Å². The Balaban J connectivity index is 2.18. The summed E-state index contributed by atoms with van der Waals surface area (Å²) >= 11 is 0.466. The molecule has 0 fully saturated rings. The minimum absolute atomic E-state index is 0.101. The van der Waals surface area contributed by atoms with Crippen molar-refractivity contribution in [3.8, 4) is 0 Å². The molecule has 0 saturated heterocycles. The Morgan fingerprint density at radius 1 is 1.30 bits per heavy atom. The number of unbranched alkanes of at least 4 members (excludes halogenated alkanes) is 1. The maximum atomic E-state index is 12.8. The summed E-state index contributed by atoms with van der Waals surface area (Å²) in [6.45, 7) is 2.09. The van der Waals surface area contributed by atoms with Gasteiger partial charge < -0.3 is 10.4 Å². The van der Waals surface area contributed by atoms with Crippen LogP contribution in [-0.4, -0.2) is 16.1 Å². The molecule has 0 unspecified atom stereocenters. The van der Waals surface area contributed by atoms with E-state index in [9.17, 15) is 18.0 Å².